The van der Waals surface area contributed by atoms with Crippen molar-refractivity contribution in [2.75, 3.05) is 0 Å². The molecule has 0 aliphatic carbocycles. The summed E-state index contributed by atoms with van der Waals surface area (Å²) in [6, 6.07) is 2.22. The van der Waals surface area contributed by atoms with Gasteiger partial charge in [-0.2, -0.15) is 5.26 Å². The van der Waals surface area contributed by atoms with Gasteiger partial charge < -0.3 is 0 Å². The highest BCUT2D eigenvalue weighted by Crippen LogP contribution is 2.14. The molecule has 0 heterocycles. The molecule has 0 rings (SSSR count). The fourth-order valence-electron chi connectivity index (χ4n) is 1.45. The lowest BCUT2D eigenvalue weighted by atomic mass is 9.96. The van der Waals surface area contributed by atoms with Gasteiger partial charge in [-0.3, -0.25) is 4.79 Å². The van der Waals surface area contributed by atoms with Gasteiger partial charge in [0.15, 0.2) is 0 Å². The molecule has 1 atom stereocenters. The predicted molar refractivity (Wildman–Crippen MR) is 57.8 cm³/mol. The second-order valence-electron chi connectivity index (χ2n) is 3.77. The van der Waals surface area contributed by atoms with Crippen LogP contribution in [0.2, 0.25) is 0 Å². The lowest BCUT2D eigenvalue weighted by molar-refractivity contribution is -0.119. The van der Waals surface area contributed by atoms with Gasteiger partial charge in [0.1, 0.15) is 5.78 Å². The molecule has 2 nitrogen and oxygen atoms in total. The van der Waals surface area contributed by atoms with Gasteiger partial charge in [-0.15, -0.1) is 0 Å². The molecule has 0 amide bonds. The third-order valence-corrected chi connectivity index (χ3v) is 2.46. The van der Waals surface area contributed by atoms with E-state index in [1.807, 2.05) is 6.92 Å². The molecule has 80 valence electrons. The van der Waals surface area contributed by atoms with Crippen molar-refractivity contribution >= 4 is 5.78 Å². The predicted octanol–water partition coefficient (Wildman–Crippen LogP) is 3.47. The summed E-state index contributed by atoms with van der Waals surface area (Å²) < 4.78 is 0. The Balaban J connectivity index is 3.59. The Hall–Kier alpha value is -0.840. The first kappa shape index (κ1) is 13.2. The first-order chi connectivity index (χ1) is 6.74. The molecular formula is C12H21NO. The van der Waals surface area contributed by atoms with E-state index in [0.29, 0.717) is 12.8 Å². The number of hydrogen-bond acceptors (Lipinski definition) is 2. The van der Waals surface area contributed by atoms with E-state index < -0.39 is 0 Å². The Kier molecular flexibility index (Phi) is 8.22. The lowest BCUT2D eigenvalue weighted by Gasteiger charge is -2.06. The van der Waals surface area contributed by atoms with Crippen LogP contribution in [0.4, 0.5) is 0 Å². The average molecular weight is 195 g/mol. The number of carbonyl (C=O) groups is 1. The Morgan fingerprint density at radius 2 is 2.00 bits per heavy atom. The van der Waals surface area contributed by atoms with Gasteiger partial charge in [-0.1, -0.05) is 39.5 Å². The maximum atomic E-state index is 11.1. The third kappa shape index (κ3) is 6.65. The minimum Gasteiger partial charge on any atom is -0.300 e. The number of nitriles is 1. The van der Waals surface area contributed by atoms with Gasteiger partial charge >= 0.3 is 0 Å². The van der Waals surface area contributed by atoms with Gasteiger partial charge in [0.05, 0.1) is 12.0 Å². The summed E-state index contributed by atoms with van der Waals surface area (Å²) in [4.78, 5) is 11.1. The van der Waals surface area contributed by atoms with Crippen LogP contribution in [0, 0.1) is 17.2 Å². The molecule has 0 aromatic carbocycles. The van der Waals surface area contributed by atoms with Crippen molar-refractivity contribution in [3.8, 4) is 6.07 Å². The van der Waals surface area contributed by atoms with Gasteiger partial charge in [-0.25, -0.2) is 0 Å². The molecule has 0 N–H and O–H groups in total. The number of hydrogen-bond donors (Lipinski definition) is 0. The molecule has 0 aromatic rings. The van der Waals surface area contributed by atoms with Gasteiger partial charge in [0, 0.05) is 12.8 Å². The maximum absolute atomic E-state index is 11.1. The quantitative estimate of drug-likeness (QED) is 0.556. The van der Waals surface area contributed by atoms with Crippen LogP contribution in [0.25, 0.3) is 0 Å². The van der Waals surface area contributed by atoms with Crippen LogP contribution in [-0.4, -0.2) is 5.78 Å². The average Bonchev–Trinajstić information content (AvgIpc) is 2.22. The van der Waals surface area contributed by atoms with Gasteiger partial charge in [-0.05, 0) is 6.42 Å². The summed E-state index contributed by atoms with van der Waals surface area (Å²) in [7, 11) is 0. The molecule has 0 fully saturated rings. The van der Waals surface area contributed by atoms with E-state index in [0.717, 1.165) is 12.8 Å². The Morgan fingerprint density at radius 3 is 2.50 bits per heavy atom. The summed E-state index contributed by atoms with van der Waals surface area (Å²) in [5.41, 5.74) is 0. The standard InChI is InChI=1S/C12H21NO/c1-3-5-6-7-8-11(10-13)9-12(14)4-2/h11H,3-9H2,1-2H3. The minimum atomic E-state index is -0.0423. The highest BCUT2D eigenvalue weighted by atomic mass is 16.1. The summed E-state index contributed by atoms with van der Waals surface area (Å²) in [6.07, 6.45) is 6.64. The third-order valence-electron chi connectivity index (χ3n) is 2.46. The first-order valence-electron chi connectivity index (χ1n) is 5.65. The zero-order valence-electron chi connectivity index (χ0n) is 9.38. The summed E-state index contributed by atoms with van der Waals surface area (Å²) in [6.45, 7) is 4.02. The number of carbonyl (C=O) groups excluding carboxylic acids is 1. The van der Waals surface area contributed by atoms with Crippen molar-refractivity contribution in [1.29, 1.82) is 5.26 Å². The van der Waals surface area contributed by atoms with Crippen LogP contribution in [0.3, 0.4) is 0 Å². The maximum Gasteiger partial charge on any atom is 0.133 e. The van der Waals surface area contributed by atoms with Crippen LogP contribution < -0.4 is 0 Å². The number of unbranched alkanes of at least 4 members (excludes halogenated alkanes) is 3. The molecule has 0 saturated carbocycles. The van der Waals surface area contributed by atoms with Crippen molar-refractivity contribution < 1.29 is 4.79 Å². The fourth-order valence-corrected chi connectivity index (χ4v) is 1.45. The topological polar surface area (TPSA) is 40.9 Å². The van der Waals surface area contributed by atoms with E-state index in [-0.39, 0.29) is 11.7 Å². The minimum absolute atomic E-state index is 0.0423. The summed E-state index contributed by atoms with van der Waals surface area (Å²) in [5.74, 6) is 0.173. The summed E-state index contributed by atoms with van der Waals surface area (Å²) >= 11 is 0. The second kappa shape index (κ2) is 8.74. The molecule has 0 aliphatic rings. The molecule has 0 radical (unpaired) electrons. The van der Waals surface area contributed by atoms with Crippen molar-refractivity contribution in [2.24, 2.45) is 5.92 Å². The van der Waals surface area contributed by atoms with E-state index in [1.54, 1.807) is 0 Å². The molecule has 0 bridgehead atoms. The van der Waals surface area contributed by atoms with E-state index in [1.165, 1.54) is 19.3 Å². The SMILES string of the molecule is CCCCCCC(C#N)CC(=O)CC. The Labute approximate surface area is 87.3 Å². The lowest BCUT2D eigenvalue weighted by Crippen LogP contribution is -2.05. The van der Waals surface area contributed by atoms with Crippen molar-refractivity contribution in [3.63, 3.8) is 0 Å². The van der Waals surface area contributed by atoms with Crippen molar-refractivity contribution in [2.45, 2.75) is 58.8 Å². The molecule has 1 unspecified atom stereocenters. The molecule has 0 aliphatic heterocycles. The zero-order chi connectivity index (χ0) is 10.8. The largest absolute Gasteiger partial charge is 0.300 e. The molecule has 14 heavy (non-hydrogen) atoms. The smallest absolute Gasteiger partial charge is 0.133 e. The highest BCUT2D eigenvalue weighted by molar-refractivity contribution is 5.78. The highest BCUT2D eigenvalue weighted by Gasteiger charge is 2.10. The normalized spacial score (nSPS) is 12.1. The Bertz CT molecular complexity index is 193. The van der Waals surface area contributed by atoms with E-state index in [2.05, 4.69) is 13.0 Å². The van der Waals surface area contributed by atoms with Crippen LogP contribution in [0.15, 0.2) is 0 Å². The molecular weight excluding hydrogens is 174 g/mol. The Morgan fingerprint density at radius 1 is 1.29 bits per heavy atom. The second-order valence-corrected chi connectivity index (χ2v) is 3.77. The van der Waals surface area contributed by atoms with Crippen LogP contribution in [0.5, 0.6) is 0 Å². The zero-order valence-corrected chi connectivity index (χ0v) is 9.38. The van der Waals surface area contributed by atoms with Crippen LogP contribution in [-0.2, 0) is 4.79 Å². The molecule has 0 aromatic heterocycles. The first-order valence-corrected chi connectivity index (χ1v) is 5.65. The van der Waals surface area contributed by atoms with Crippen molar-refractivity contribution in [1.82, 2.24) is 0 Å². The van der Waals surface area contributed by atoms with Gasteiger partial charge in [0.25, 0.3) is 0 Å². The van der Waals surface area contributed by atoms with E-state index in [9.17, 15) is 4.79 Å². The van der Waals surface area contributed by atoms with Crippen molar-refractivity contribution in [3.05, 3.63) is 0 Å². The number of ketones is 1. The fraction of sp³-hybridized carbons (Fsp3) is 0.833. The number of Topliss-reactive ketones (excluding diaryl/α,β-unsaturated/α-hetero) is 1. The molecule has 0 spiro atoms. The van der Waals surface area contributed by atoms with E-state index in [4.69, 9.17) is 5.26 Å². The monoisotopic (exact) mass is 195 g/mol. The number of rotatable bonds is 8. The van der Waals surface area contributed by atoms with Crippen LogP contribution >= 0.6 is 0 Å². The van der Waals surface area contributed by atoms with Crippen LogP contribution in [0.1, 0.15) is 58.8 Å². The molecule has 2 heteroatoms. The number of nitrogens with zero attached hydrogens (tertiary/aromatic N) is 1. The molecule has 0 saturated heterocycles. The van der Waals surface area contributed by atoms with E-state index >= 15 is 0 Å². The van der Waals surface area contributed by atoms with Gasteiger partial charge in [0.2, 0.25) is 0 Å². The summed E-state index contributed by atoms with van der Waals surface area (Å²) in [5, 5.41) is 8.82.